The van der Waals surface area contributed by atoms with Crippen molar-refractivity contribution < 1.29 is 0 Å². The van der Waals surface area contributed by atoms with Crippen molar-refractivity contribution in [1.82, 2.24) is 5.32 Å². The Hall–Kier alpha value is -0.0400. The predicted molar refractivity (Wildman–Crippen MR) is 75.1 cm³/mol. The first-order valence-electron chi connectivity index (χ1n) is 7.88. The van der Waals surface area contributed by atoms with Crippen LogP contribution in [-0.2, 0) is 0 Å². The third-order valence-electron chi connectivity index (χ3n) is 5.43. The van der Waals surface area contributed by atoms with E-state index in [2.05, 4.69) is 26.1 Å². The van der Waals surface area contributed by atoms with Gasteiger partial charge in [-0.1, -0.05) is 33.6 Å². The summed E-state index contributed by atoms with van der Waals surface area (Å²) in [4.78, 5) is 0. The summed E-state index contributed by atoms with van der Waals surface area (Å²) >= 11 is 0. The molecular weight excluding hydrogens is 206 g/mol. The zero-order chi connectivity index (χ0) is 12.3. The quantitative estimate of drug-likeness (QED) is 0.774. The van der Waals surface area contributed by atoms with Gasteiger partial charge in [0.2, 0.25) is 0 Å². The molecule has 3 atom stereocenters. The minimum Gasteiger partial charge on any atom is -0.314 e. The fourth-order valence-electron chi connectivity index (χ4n) is 3.60. The minimum absolute atomic E-state index is 0.820. The van der Waals surface area contributed by atoms with E-state index in [0.29, 0.717) is 0 Å². The number of nitrogens with one attached hydrogen (secondary N) is 1. The van der Waals surface area contributed by atoms with E-state index in [0.717, 1.165) is 29.7 Å². The maximum atomic E-state index is 3.86. The Labute approximate surface area is 108 Å². The molecule has 0 radical (unpaired) electrons. The van der Waals surface area contributed by atoms with Crippen molar-refractivity contribution in [2.75, 3.05) is 6.54 Å². The van der Waals surface area contributed by atoms with Gasteiger partial charge >= 0.3 is 0 Å². The Morgan fingerprint density at radius 3 is 2.18 bits per heavy atom. The van der Waals surface area contributed by atoms with Gasteiger partial charge in [-0.3, -0.25) is 0 Å². The Bertz CT molecular complexity index is 218. The molecule has 0 aromatic rings. The summed E-state index contributed by atoms with van der Waals surface area (Å²) in [7, 11) is 0. The van der Waals surface area contributed by atoms with Gasteiger partial charge in [-0.2, -0.15) is 0 Å². The number of hydrogen-bond donors (Lipinski definition) is 1. The van der Waals surface area contributed by atoms with Gasteiger partial charge in [0.1, 0.15) is 0 Å². The SMILES string of the molecule is CC1CCC(CNC2CCC(C)C(C)C2)CC1. The second kappa shape index (κ2) is 6.22. The van der Waals surface area contributed by atoms with Gasteiger partial charge in [-0.15, -0.1) is 0 Å². The molecule has 0 saturated heterocycles. The summed E-state index contributed by atoms with van der Waals surface area (Å²) in [6.07, 6.45) is 10.1. The van der Waals surface area contributed by atoms with Crippen molar-refractivity contribution in [2.24, 2.45) is 23.7 Å². The first-order chi connectivity index (χ1) is 8.15. The molecule has 100 valence electrons. The molecule has 0 spiro atoms. The van der Waals surface area contributed by atoms with E-state index in [4.69, 9.17) is 0 Å². The smallest absolute Gasteiger partial charge is 0.00699 e. The summed E-state index contributed by atoms with van der Waals surface area (Å²) in [5, 5.41) is 3.86. The lowest BCUT2D eigenvalue weighted by atomic mass is 9.78. The van der Waals surface area contributed by atoms with Gasteiger partial charge in [0.05, 0.1) is 0 Å². The molecule has 3 unspecified atom stereocenters. The van der Waals surface area contributed by atoms with Gasteiger partial charge in [0, 0.05) is 6.04 Å². The predicted octanol–water partition coefficient (Wildman–Crippen LogP) is 4.23. The molecule has 2 saturated carbocycles. The highest BCUT2D eigenvalue weighted by Crippen LogP contribution is 2.31. The number of hydrogen-bond acceptors (Lipinski definition) is 1. The van der Waals surface area contributed by atoms with Crippen LogP contribution in [0.2, 0.25) is 0 Å². The van der Waals surface area contributed by atoms with Crippen molar-refractivity contribution in [3.8, 4) is 0 Å². The summed E-state index contributed by atoms with van der Waals surface area (Å²) in [5.74, 6) is 3.83. The highest BCUT2D eigenvalue weighted by Gasteiger charge is 2.25. The lowest BCUT2D eigenvalue weighted by Gasteiger charge is -2.34. The molecule has 1 heteroatoms. The maximum Gasteiger partial charge on any atom is 0.00699 e. The monoisotopic (exact) mass is 237 g/mol. The standard InChI is InChI=1S/C16H31N/c1-12-4-7-15(8-5-12)11-17-16-9-6-13(2)14(3)10-16/h12-17H,4-11H2,1-3H3. The Morgan fingerprint density at radius 2 is 1.53 bits per heavy atom. The van der Waals surface area contributed by atoms with Crippen LogP contribution in [0.4, 0.5) is 0 Å². The van der Waals surface area contributed by atoms with E-state index in [1.807, 2.05) is 0 Å². The van der Waals surface area contributed by atoms with Crippen LogP contribution in [0.3, 0.4) is 0 Å². The number of rotatable bonds is 3. The van der Waals surface area contributed by atoms with E-state index in [1.54, 1.807) is 0 Å². The molecule has 2 aliphatic rings. The Kier molecular flexibility index (Phi) is 4.90. The maximum absolute atomic E-state index is 3.86. The van der Waals surface area contributed by atoms with Crippen LogP contribution in [0.25, 0.3) is 0 Å². The highest BCUT2D eigenvalue weighted by atomic mass is 14.9. The van der Waals surface area contributed by atoms with Crippen molar-refractivity contribution >= 4 is 0 Å². The van der Waals surface area contributed by atoms with Crippen molar-refractivity contribution in [1.29, 1.82) is 0 Å². The topological polar surface area (TPSA) is 12.0 Å². The van der Waals surface area contributed by atoms with Crippen molar-refractivity contribution in [3.05, 3.63) is 0 Å². The first kappa shape index (κ1) is 13.4. The molecule has 0 aromatic heterocycles. The van der Waals surface area contributed by atoms with Crippen LogP contribution >= 0.6 is 0 Å². The van der Waals surface area contributed by atoms with Gasteiger partial charge in [0.15, 0.2) is 0 Å². The summed E-state index contributed by atoms with van der Waals surface area (Å²) < 4.78 is 0. The molecule has 17 heavy (non-hydrogen) atoms. The van der Waals surface area contributed by atoms with Crippen LogP contribution in [0.1, 0.15) is 65.7 Å². The third-order valence-corrected chi connectivity index (χ3v) is 5.43. The average Bonchev–Trinajstić information content (AvgIpc) is 2.33. The van der Waals surface area contributed by atoms with Crippen LogP contribution in [0, 0.1) is 23.7 Å². The van der Waals surface area contributed by atoms with E-state index < -0.39 is 0 Å². The molecule has 0 aromatic carbocycles. The normalized spacial score (nSPS) is 43.6. The fourth-order valence-corrected chi connectivity index (χ4v) is 3.60. The van der Waals surface area contributed by atoms with Crippen molar-refractivity contribution in [2.45, 2.75) is 71.8 Å². The average molecular weight is 237 g/mol. The van der Waals surface area contributed by atoms with E-state index >= 15 is 0 Å². The van der Waals surface area contributed by atoms with Crippen molar-refractivity contribution in [3.63, 3.8) is 0 Å². The first-order valence-corrected chi connectivity index (χ1v) is 7.88. The third kappa shape index (κ3) is 3.98. The van der Waals surface area contributed by atoms with Gasteiger partial charge in [-0.05, 0) is 62.3 Å². The molecule has 0 bridgehead atoms. The largest absolute Gasteiger partial charge is 0.314 e. The molecule has 0 heterocycles. The Balaban J connectivity index is 1.65. The van der Waals surface area contributed by atoms with Crippen LogP contribution in [0.5, 0.6) is 0 Å². The second-order valence-electron chi connectivity index (χ2n) is 7.00. The zero-order valence-corrected chi connectivity index (χ0v) is 12.0. The molecule has 1 N–H and O–H groups in total. The molecule has 0 amide bonds. The Morgan fingerprint density at radius 1 is 0.824 bits per heavy atom. The summed E-state index contributed by atoms with van der Waals surface area (Å²) in [5.41, 5.74) is 0. The summed E-state index contributed by atoms with van der Waals surface area (Å²) in [6, 6.07) is 0.820. The fraction of sp³-hybridized carbons (Fsp3) is 1.00. The molecule has 0 aliphatic heterocycles. The van der Waals surface area contributed by atoms with Gasteiger partial charge < -0.3 is 5.32 Å². The van der Waals surface area contributed by atoms with E-state index in [-0.39, 0.29) is 0 Å². The molecule has 2 aliphatic carbocycles. The molecular formula is C16H31N. The molecule has 2 fully saturated rings. The van der Waals surface area contributed by atoms with Crippen LogP contribution < -0.4 is 5.32 Å². The minimum atomic E-state index is 0.820. The second-order valence-corrected chi connectivity index (χ2v) is 7.00. The van der Waals surface area contributed by atoms with E-state index in [1.165, 1.54) is 51.5 Å². The van der Waals surface area contributed by atoms with Crippen LogP contribution in [-0.4, -0.2) is 12.6 Å². The lowest BCUT2D eigenvalue weighted by molar-refractivity contribution is 0.208. The molecule has 2 rings (SSSR count). The molecule has 1 nitrogen and oxygen atoms in total. The van der Waals surface area contributed by atoms with E-state index in [9.17, 15) is 0 Å². The van der Waals surface area contributed by atoms with Crippen LogP contribution in [0.15, 0.2) is 0 Å². The van der Waals surface area contributed by atoms with Gasteiger partial charge in [-0.25, -0.2) is 0 Å². The lowest BCUT2D eigenvalue weighted by Crippen LogP contribution is -2.39. The summed E-state index contributed by atoms with van der Waals surface area (Å²) in [6.45, 7) is 8.55. The zero-order valence-electron chi connectivity index (χ0n) is 12.0. The highest BCUT2D eigenvalue weighted by molar-refractivity contribution is 4.81. The van der Waals surface area contributed by atoms with Gasteiger partial charge in [0.25, 0.3) is 0 Å².